The molecule has 2 aromatic heterocycles. The molecule has 0 aliphatic carbocycles. The van der Waals surface area contributed by atoms with Crippen LogP contribution in [-0.4, -0.2) is 33.9 Å². The van der Waals surface area contributed by atoms with Crippen LogP contribution in [0.4, 0.5) is 5.82 Å². The van der Waals surface area contributed by atoms with Gasteiger partial charge in [-0.25, -0.2) is 9.97 Å². The molecule has 0 aromatic carbocycles. The van der Waals surface area contributed by atoms with E-state index in [0.717, 1.165) is 17.0 Å². The van der Waals surface area contributed by atoms with Crippen molar-refractivity contribution in [2.75, 3.05) is 18.4 Å². The van der Waals surface area contributed by atoms with Crippen molar-refractivity contribution in [3.8, 4) is 11.5 Å². The van der Waals surface area contributed by atoms with Crippen molar-refractivity contribution in [1.82, 2.24) is 20.3 Å². The van der Waals surface area contributed by atoms with Gasteiger partial charge in [0.2, 0.25) is 5.91 Å². The summed E-state index contributed by atoms with van der Waals surface area (Å²) in [6.07, 6.45) is 7.06. The molecule has 0 unspecified atom stereocenters. The largest absolute Gasteiger partial charge is 0.368 e. The molecule has 2 N–H and O–H groups in total. The van der Waals surface area contributed by atoms with Gasteiger partial charge in [-0.15, -0.1) is 0 Å². The number of carbonyl (C=O) groups is 1. The lowest BCUT2D eigenvalue weighted by molar-refractivity contribution is -0.120. The minimum Gasteiger partial charge on any atom is -0.368 e. The zero-order chi connectivity index (χ0) is 18.8. The molecule has 0 saturated carbocycles. The molecule has 0 bridgehead atoms. The van der Waals surface area contributed by atoms with Crippen LogP contribution in [0.25, 0.3) is 11.5 Å². The first-order valence-corrected chi connectivity index (χ1v) is 8.34. The normalized spacial score (nSPS) is 10.9. The van der Waals surface area contributed by atoms with Gasteiger partial charge < -0.3 is 10.6 Å². The second-order valence-electron chi connectivity index (χ2n) is 5.57. The van der Waals surface area contributed by atoms with E-state index in [-0.39, 0.29) is 12.3 Å². The fraction of sp³-hybridized carbons (Fsp3) is 0.200. The molecule has 2 aromatic rings. The first kappa shape index (κ1) is 19.1. The number of aromatic nitrogens is 3. The van der Waals surface area contributed by atoms with Crippen LogP contribution in [0.3, 0.4) is 0 Å². The highest BCUT2D eigenvalue weighted by atomic mass is 16.1. The fourth-order valence-electron chi connectivity index (χ4n) is 2.26. The summed E-state index contributed by atoms with van der Waals surface area (Å²) in [5, 5.41) is 6.06. The highest BCUT2D eigenvalue weighted by molar-refractivity contribution is 5.79. The molecule has 26 heavy (non-hydrogen) atoms. The van der Waals surface area contributed by atoms with Crippen LogP contribution in [0.15, 0.2) is 67.4 Å². The molecule has 0 atom stereocenters. The molecular weight excluding hydrogens is 326 g/mol. The van der Waals surface area contributed by atoms with E-state index in [4.69, 9.17) is 0 Å². The van der Waals surface area contributed by atoms with E-state index in [1.54, 1.807) is 24.4 Å². The molecule has 6 nitrogen and oxygen atoms in total. The maximum Gasteiger partial charge on any atom is 0.224 e. The molecule has 0 aliphatic heterocycles. The van der Waals surface area contributed by atoms with E-state index in [1.165, 1.54) is 0 Å². The van der Waals surface area contributed by atoms with Crippen LogP contribution in [0.5, 0.6) is 0 Å². The Morgan fingerprint density at radius 3 is 2.77 bits per heavy atom. The molecule has 0 spiro atoms. The number of pyridine rings is 1. The van der Waals surface area contributed by atoms with Gasteiger partial charge in [0.05, 0.1) is 6.42 Å². The zero-order valence-electron chi connectivity index (χ0n) is 14.9. The van der Waals surface area contributed by atoms with Crippen LogP contribution in [-0.2, 0) is 4.79 Å². The topological polar surface area (TPSA) is 79.8 Å². The number of carbonyl (C=O) groups excluding carboxylic acids is 1. The second-order valence-corrected chi connectivity index (χ2v) is 5.57. The first-order chi connectivity index (χ1) is 12.6. The van der Waals surface area contributed by atoms with Crippen LogP contribution < -0.4 is 10.6 Å². The molecule has 1 amide bonds. The quantitative estimate of drug-likeness (QED) is 0.537. The number of aryl methyl sites for hydroxylation is 1. The monoisotopic (exact) mass is 349 g/mol. The minimum atomic E-state index is -0.0622. The van der Waals surface area contributed by atoms with Gasteiger partial charge in [0, 0.05) is 31.0 Å². The predicted octanol–water partition coefficient (Wildman–Crippen LogP) is 3.06. The number of amides is 1. The summed E-state index contributed by atoms with van der Waals surface area (Å²) in [6, 6.07) is 7.47. The van der Waals surface area contributed by atoms with Crippen molar-refractivity contribution >= 4 is 11.7 Å². The average Bonchev–Trinajstić information content (AvgIpc) is 2.65. The van der Waals surface area contributed by atoms with E-state index in [9.17, 15) is 4.79 Å². The number of nitrogens with one attached hydrogen (secondary N) is 2. The van der Waals surface area contributed by atoms with Gasteiger partial charge in [0.25, 0.3) is 0 Å². The van der Waals surface area contributed by atoms with Gasteiger partial charge in [0.1, 0.15) is 11.5 Å². The standard InChI is InChI=1S/C20H23N5O/c1-4-8-16(5-2)14-19(26)23-12-11-22-18-13-15(3)24-20(25-18)17-9-6-7-10-21-17/h4-10,13H,1-2,11-12,14H2,3H3,(H,23,26)(H,22,24,25)/b16-8+. The minimum absolute atomic E-state index is 0.0622. The number of nitrogens with zero attached hydrogens (tertiary/aromatic N) is 3. The van der Waals surface area contributed by atoms with Gasteiger partial charge in [-0.1, -0.05) is 37.5 Å². The summed E-state index contributed by atoms with van der Waals surface area (Å²) in [6.45, 7) is 10.2. The van der Waals surface area contributed by atoms with Gasteiger partial charge in [-0.3, -0.25) is 9.78 Å². The number of rotatable bonds is 9. The van der Waals surface area contributed by atoms with Crippen molar-refractivity contribution in [2.24, 2.45) is 0 Å². The molecule has 6 heteroatoms. The van der Waals surface area contributed by atoms with Crippen LogP contribution in [0.1, 0.15) is 12.1 Å². The maximum absolute atomic E-state index is 11.9. The number of hydrogen-bond donors (Lipinski definition) is 2. The van der Waals surface area contributed by atoms with Crippen LogP contribution in [0.2, 0.25) is 0 Å². The lowest BCUT2D eigenvalue weighted by Crippen LogP contribution is -2.29. The highest BCUT2D eigenvalue weighted by Gasteiger charge is 2.06. The molecule has 134 valence electrons. The van der Waals surface area contributed by atoms with Gasteiger partial charge in [-0.05, 0) is 24.6 Å². The maximum atomic E-state index is 11.9. The zero-order valence-corrected chi connectivity index (χ0v) is 14.9. The Morgan fingerprint density at radius 1 is 1.23 bits per heavy atom. The fourth-order valence-corrected chi connectivity index (χ4v) is 2.26. The SMILES string of the molecule is C=C/C=C(\C=C)CC(=O)NCCNc1cc(C)nc(-c2ccccn2)n1. The summed E-state index contributed by atoms with van der Waals surface area (Å²) in [5.41, 5.74) is 2.40. The Kier molecular flexibility index (Phi) is 7.24. The molecule has 0 saturated heterocycles. The van der Waals surface area contributed by atoms with E-state index < -0.39 is 0 Å². The molecule has 2 heterocycles. The van der Waals surface area contributed by atoms with E-state index in [0.29, 0.717) is 24.7 Å². The van der Waals surface area contributed by atoms with Crippen molar-refractivity contribution in [2.45, 2.75) is 13.3 Å². The lowest BCUT2D eigenvalue weighted by Gasteiger charge is -2.09. The Bertz CT molecular complexity index is 799. The number of hydrogen-bond acceptors (Lipinski definition) is 5. The Labute approximate surface area is 153 Å². The Balaban J connectivity index is 1.87. The van der Waals surface area contributed by atoms with Crippen LogP contribution >= 0.6 is 0 Å². The molecule has 0 radical (unpaired) electrons. The Morgan fingerprint density at radius 2 is 2.08 bits per heavy atom. The highest BCUT2D eigenvalue weighted by Crippen LogP contribution is 2.15. The molecule has 2 rings (SSSR count). The smallest absolute Gasteiger partial charge is 0.224 e. The lowest BCUT2D eigenvalue weighted by atomic mass is 10.1. The summed E-state index contributed by atoms with van der Waals surface area (Å²) < 4.78 is 0. The second kappa shape index (κ2) is 9.88. The van der Waals surface area contributed by atoms with Crippen molar-refractivity contribution in [1.29, 1.82) is 0 Å². The summed E-state index contributed by atoms with van der Waals surface area (Å²) in [5.74, 6) is 1.21. The van der Waals surface area contributed by atoms with E-state index >= 15 is 0 Å². The average molecular weight is 349 g/mol. The summed E-state index contributed by atoms with van der Waals surface area (Å²) in [4.78, 5) is 25.1. The van der Waals surface area contributed by atoms with Crippen LogP contribution in [0, 0.1) is 6.92 Å². The first-order valence-electron chi connectivity index (χ1n) is 8.34. The van der Waals surface area contributed by atoms with Crippen molar-refractivity contribution in [3.05, 3.63) is 73.1 Å². The molecule has 0 fully saturated rings. The van der Waals surface area contributed by atoms with Gasteiger partial charge in [0.15, 0.2) is 5.82 Å². The van der Waals surface area contributed by atoms with Gasteiger partial charge in [-0.2, -0.15) is 0 Å². The van der Waals surface area contributed by atoms with Crippen molar-refractivity contribution in [3.63, 3.8) is 0 Å². The van der Waals surface area contributed by atoms with Crippen molar-refractivity contribution < 1.29 is 4.79 Å². The predicted molar refractivity (Wildman–Crippen MR) is 105 cm³/mol. The molecule has 0 aliphatic rings. The van der Waals surface area contributed by atoms with Gasteiger partial charge >= 0.3 is 0 Å². The summed E-state index contributed by atoms with van der Waals surface area (Å²) >= 11 is 0. The Hall–Kier alpha value is -3.28. The third-order valence-electron chi connectivity index (χ3n) is 3.46. The summed E-state index contributed by atoms with van der Waals surface area (Å²) in [7, 11) is 0. The van der Waals surface area contributed by atoms with E-state index in [2.05, 4.69) is 38.7 Å². The molecular formula is C20H23N5O. The number of allylic oxidation sites excluding steroid dienone is 3. The number of anilines is 1. The third-order valence-corrected chi connectivity index (χ3v) is 3.46. The third kappa shape index (κ3) is 5.98. The van der Waals surface area contributed by atoms with E-state index in [1.807, 2.05) is 31.2 Å².